The van der Waals surface area contributed by atoms with Gasteiger partial charge in [0.15, 0.2) is 0 Å². The second kappa shape index (κ2) is 8.19. The highest BCUT2D eigenvalue weighted by Gasteiger charge is 2.14. The number of benzene rings is 1. The van der Waals surface area contributed by atoms with Crippen LogP contribution in [0.2, 0.25) is 0 Å². The minimum atomic E-state index is -0.448. The fourth-order valence-corrected chi connectivity index (χ4v) is 1.67. The van der Waals surface area contributed by atoms with E-state index in [0.29, 0.717) is 24.8 Å². The molecular formula is C15H18O4. The Morgan fingerprint density at radius 3 is 2.58 bits per heavy atom. The monoisotopic (exact) mass is 262 g/mol. The van der Waals surface area contributed by atoms with E-state index in [-0.39, 0.29) is 12.2 Å². The summed E-state index contributed by atoms with van der Waals surface area (Å²) in [5.74, 6) is -0.413. The van der Waals surface area contributed by atoms with E-state index in [1.165, 1.54) is 0 Å². The standard InChI is InChI=1S/C15H18O4/c1-12(11-14(17)9-5-6-10-16)19-15(18)13-7-3-2-4-8-13/h2-4,7-8,10,12H,5-6,9,11H2,1H3. The predicted octanol–water partition coefficient (Wildman–Crippen LogP) is 2.56. The van der Waals surface area contributed by atoms with Crippen LogP contribution in [0.4, 0.5) is 0 Å². The van der Waals surface area contributed by atoms with Crippen molar-refractivity contribution in [1.82, 2.24) is 0 Å². The van der Waals surface area contributed by atoms with Crippen LogP contribution in [0, 0.1) is 0 Å². The number of hydrogen-bond donors (Lipinski definition) is 0. The van der Waals surface area contributed by atoms with E-state index in [1.807, 2.05) is 6.07 Å². The Bertz CT molecular complexity index is 425. The zero-order valence-corrected chi connectivity index (χ0v) is 11.0. The number of esters is 1. The molecule has 0 fully saturated rings. The number of ketones is 1. The van der Waals surface area contributed by atoms with Crippen LogP contribution in [0.15, 0.2) is 30.3 Å². The van der Waals surface area contributed by atoms with Gasteiger partial charge in [-0.05, 0) is 25.5 Å². The predicted molar refractivity (Wildman–Crippen MR) is 70.9 cm³/mol. The van der Waals surface area contributed by atoms with Crippen LogP contribution in [0.25, 0.3) is 0 Å². The van der Waals surface area contributed by atoms with Gasteiger partial charge < -0.3 is 9.53 Å². The fourth-order valence-electron chi connectivity index (χ4n) is 1.67. The van der Waals surface area contributed by atoms with Crippen molar-refractivity contribution >= 4 is 18.0 Å². The molecule has 0 saturated carbocycles. The van der Waals surface area contributed by atoms with Crippen LogP contribution in [-0.4, -0.2) is 24.1 Å². The van der Waals surface area contributed by atoms with Gasteiger partial charge in [-0.2, -0.15) is 0 Å². The van der Waals surface area contributed by atoms with E-state index in [0.717, 1.165) is 6.29 Å². The maximum atomic E-state index is 11.7. The van der Waals surface area contributed by atoms with E-state index in [2.05, 4.69) is 0 Å². The Balaban J connectivity index is 2.34. The molecule has 19 heavy (non-hydrogen) atoms. The van der Waals surface area contributed by atoms with Crippen LogP contribution in [-0.2, 0) is 14.3 Å². The first-order valence-corrected chi connectivity index (χ1v) is 6.35. The second-order valence-corrected chi connectivity index (χ2v) is 4.38. The third-order valence-corrected chi connectivity index (χ3v) is 2.61. The third kappa shape index (κ3) is 5.95. The minimum Gasteiger partial charge on any atom is -0.459 e. The summed E-state index contributed by atoms with van der Waals surface area (Å²) < 4.78 is 5.18. The Morgan fingerprint density at radius 2 is 1.95 bits per heavy atom. The zero-order valence-electron chi connectivity index (χ0n) is 11.0. The SMILES string of the molecule is CC(CC(=O)CCCC=O)OC(=O)c1ccccc1. The molecule has 0 N–H and O–H groups in total. The van der Waals surface area contributed by atoms with Crippen LogP contribution >= 0.6 is 0 Å². The first-order chi connectivity index (χ1) is 9.13. The molecule has 0 spiro atoms. The van der Waals surface area contributed by atoms with Crippen molar-refractivity contribution in [3.63, 3.8) is 0 Å². The van der Waals surface area contributed by atoms with Crippen molar-refractivity contribution in [2.24, 2.45) is 0 Å². The molecule has 1 rings (SSSR count). The van der Waals surface area contributed by atoms with Gasteiger partial charge >= 0.3 is 5.97 Å². The number of rotatable bonds is 8. The molecule has 0 aliphatic carbocycles. The number of unbranched alkanes of at least 4 members (excludes halogenated alkanes) is 1. The fraction of sp³-hybridized carbons (Fsp3) is 0.400. The minimum absolute atomic E-state index is 0.00946. The van der Waals surface area contributed by atoms with E-state index in [9.17, 15) is 14.4 Å². The molecule has 0 saturated heterocycles. The Morgan fingerprint density at radius 1 is 1.26 bits per heavy atom. The van der Waals surface area contributed by atoms with Gasteiger partial charge in [0, 0.05) is 19.3 Å². The summed E-state index contributed by atoms with van der Waals surface area (Å²) in [5.41, 5.74) is 0.475. The third-order valence-electron chi connectivity index (χ3n) is 2.61. The van der Waals surface area contributed by atoms with Gasteiger partial charge in [-0.1, -0.05) is 18.2 Å². The van der Waals surface area contributed by atoms with Crippen molar-refractivity contribution in [2.75, 3.05) is 0 Å². The highest BCUT2D eigenvalue weighted by molar-refractivity contribution is 5.89. The van der Waals surface area contributed by atoms with Crippen LogP contribution in [0.5, 0.6) is 0 Å². The Kier molecular flexibility index (Phi) is 6.50. The molecule has 0 aliphatic heterocycles. The quantitative estimate of drug-likeness (QED) is 0.410. The number of hydrogen-bond acceptors (Lipinski definition) is 4. The topological polar surface area (TPSA) is 60.4 Å². The summed E-state index contributed by atoms with van der Waals surface area (Å²) in [6.45, 7) is 1.69. The van der Waals surface area contributed by atoms with Gasteiger partial charge in [-0.3, -0.25) is 4.79 Å². The number of carbonyl (C=O) groups is 3. The molecule has 102 valence electrons. The maximum absolute atomic E-state index is 11.7. The van der Waals surface area contributed by atoms with Gasteiger partial charge in [0.25, 0.3) is 0 Å². The van der Waals surface area contributed by atoms with Crippen molar-refractivity contribution in [1.29, 1.82) is 0 Å². The molecule has 1 aromatic rings. The highest BCUT2D eigenvalue weighted by Crippen LogP contribution is 2.08. The molecule has 0 heterocycles. The van der Waals surface area contributed by atoms with Crippen molar-refractivity contribution < 1.29 is 19.1 Å². The first-order valence-electron chi connectivity index (χ1n) is 6.35. The van der Waals surface area contributed by atoms with E-state index >= 15 is 0 Å². The van der Waals surface area contributed by atoms with Crippen molar-refractivity contribution in [3.8, 4) is 0 Å². The molecule has 4 nitrogen and oxygen atoms in total. The molecule has 1 unspecified atom stereocenters. The summed E-state index contributed by atoms with van der Waals surface area (Å²) in [5, 5.41) is 0. The summed E-state index contributed by atoms with van der Waals surface area (Å²) in [4.78, 5) is 33.4. The normalized spacial score (nSPS) is 11.6. The lowest BCUT2D eigenvalue weighted by Gasteiger charge is -2.12. The number of ether oxygens (including phenoxy) is 1. The van der Waals surface area contributed by atoms with Gasteiger partial charge in [-0.15, -0.1) is 0 Å². The van der Waals surface area contributed by atoms with E-state index < -0.39 is 12.1 Å². The highest BCUT2D eigenvalue weighted by atomic mass is 16.5. The van der Waals surface area contributed by atoms with Gasteiger partial charge in [0.1, 0.15) is 18.2 Å². The zero-order chi connectivity index (χ0) is 14.1. The first kappa shape index (κ1) is 15.1. The van der Waals surface area contributed by atoms with Crippen LogP contribution in [0.3, 0.4) is 0 Å². The molecule has 0 radical (unpaired) electrons. The summed E-state index contributed by atoms with van der Waals surface area (Å²) in [6, 6.07) is 8.66. The molecule has 1 aromatic carbocycles. The van der Waals surface area contributed by atoms with Crippen LogP contribution < -0.4 is 0 Å². The van der Waals surface area contributed by atoms with Crippen molar-refractivity contribution in [3.05, 3.63) is 35.9 Å². The van der Waals surface area contributed by atoms with Crippen LogP contribution in [0.1, 0.15) is 43.0 Å². The maximum Gasteiger partial charge on any atom is 0.338 e. The summed E-state index contributed by atoms with van der Waals surface area (Å²) in [6.07, 6.45) is 1.85. The smallest absolute Gasteiger partial charge is 0.338 e. The van der Waals surface area contributed by atoms with E-state index in [1.54, 1.807) is 31.2 Å². The molecule has 4 heteroatoms. The Labute approximate surface area is 112 Å². The average molecular weight is 262 g/mol. The van der Waals surface area contributed by atoms with E-state index in [4.69, 9.17) is 4.74 Å². The molecule has 0 aromatic heterocycles. The van der Waals surface area contributed by atoms with Gasteiger partial charge in [0.2, 0.25) is 0 Å². The number of carbonyl (C=O) groups excluding carboxylic acids is 3. The molecule has 0 aliphatic rings. The van der Waals surface area contributed by atoms with Gasteiger partial charge in [0.05, 0.1) is 5.56 Å². The molecule has 1 atom stereocenters. The molecule has 0 amide bonds. The lowest BCUT2D eigenvalue weighted by molar-refractivity contribution is -0.120. The van der Waals surface area contributed by atoms with Gasteiger partial charge in [-0.25, -0.2) is 4.79 Å². The largest absolute Gasteiger partial charge is 0.459 e. The lowest BCUT2D eigenvalue weighted by atomic mass is 10.1. The number of Topliss-reactive ketones (excluding diaryl/α,β-unsaturated/α-hetero) is 1. The Hall–Kier alpha value is -1.97. The number of aldehydes is 1. The lowest BCUT2D eigenvalue weighted by Crippen LogP contribution is -2.18. The van der Waals surface area contributed by atoms with Crippen molar-refractivity contribution in [2.45, 2.75) is 38.7 Å². The second-order valence-electron chi connectivity index (χ2n) is 4.38. The summed E-state index contributed by atoms with van der Waals surface area (Å²) in [7, 11) is 0. The molecule has 0 bridgehead atoms. The summed E-state index contributed by atoms with van der Waals surface area (Å²) >= 11 is 0. The molecular weight excluding hydrogens is 244 g/mol. The average Bonchev–Trinajstić information content (AvgIpc) is 2.39.